The predicted molar refractivity (Wildman–Crippen MR) is 106 cm³/mol. The van der Waals surface area contributed by atoms with Crippen LogP contribution in [0.15, 0.2) is 24.7 Å². The molecule has 146 valence electrons. The van der Waals surface area contributed by atoms with Crippen molar-refractivity contribution in [2.45, 2.75) is 59.9 Å². The Labute approximate surface area is 162 Å². The van der Waals surface area contributed by atoms with Crippen LogP contribution in [0.25, 0.3) is 11.4 Å². The van der Waals surface area contributed by atoms with Gasteiger partial charge in [-0.2, -0.15) is 5.10 Å². The van der Waals surface area contributed by atoms with Crippen molar-refractivity contribution in [2.24, 2.45) is 11.3 Å². The molecule has 3 heterocycles. The quantitative estimate of drug-likeness (QED) is 0.808. The van der Waals surface area contributed by atoms with E-state index in [1.54, 1.807) is 0 Å². The minimum atomic E-state index is -0.315. The second-order valence-corrected chi connectivity index (χ2v) is 8.55. The zero-order valence-corrected chi connectivity index (χ0v) is 17.0. The first-order valence-electron chi connectivity index (χ1n) is 10.0. The van der Waals surface area contributed by atoms with Gasteiger partial charge in [-0.05, 0) is 37.7 Å². The minimum Gasteiger partial charge on any atom is -0.342 e. The fourth-order valence-electron chi connectivity index (χ4n) is 3.72. The summed E-state index contributed by atoms with van der Waals surface area (Å²) in [5.41, 5.74) is 2.55. The van der Waals surface area contributed by atoms with Crippen LogP contribution in [0.1, 0.15) is 52.7 Å². The van der Waals surface area contributed by atoms with Gasteiger partial charge < -0.3 is 4.90 Å². The van der Waals surface area contributed by atoms with Crippen LogP contribution < -0.4 is 0 Å². The molecule has 0 radical (unpaired) electrons. The monoisotopic (exact) mass is 369 g/mol. The second-order valence-electron chi connectivity index (χ2n) is 8.55. The summed E-state index contributed by atoms with van der Waals surface area (Å²) >= 11 is 0. The molecule has 1 amide bonds. The number of likely N-dealkylation sites (tertiary alicyclic amines) is 1. The van der Waals surface area contributed by atoms with E-state index in [0.29, 0.717) is 5.92 Å². The zero-order valence-electron chi connectivity index (χ0n) is 17.0. The molecule has 0 aromatic carbocycles. The van der Waals surface area contributed by atoms with E-state index >= 15 is 0 Å². The van der Waals surface area contributed by atoms with E-state index < -0.39 is 0 Å². The molecule has 0 N–H and O–H groups in total. The van der Waals surface area contributed by atoms with Gasteiger partial charge >= 0.3 is 0 Å². The molecule has 1 saturated heterocycles. The van der Waals surface area contributed by atoms with E-state index in [1.165, 1.54) is 0 Å². The average Bonchev–Trinajstić information content (AvgIpc) is 3.10. The first kappa shape index (κ1) is 19.5. The summed E-state index contributed by atoms with van der Waals surface area (Å²) in [5, 5.41) is 4.35. The van der Waals surface area contributed by atoms with Crippen LogP contribution in [0.5, 0.6) is 0 Å². The van der Waals surface area contributed by atoms with Crippen molar-refractivity contribution in [1.29, 1.82) is 0 Å². The maximum atomic E-state index is 12.6. The van der Waals surface area contributed by atoms with Crippen LogP contribution in [-0.2, 0) is 17.8 Å². The number of carbonyl (C=O) groups excluding carboxylic acids is 1. The lowest BCUT2D eigenvalue weighted by Crippen LogP contribution is -2.45. The molecule has 1 aliphatic rings. The highest BCUT2D eigenvalue weighted by atomic mass is 16.2. The van der Waals surface area contributed by atoms with Gasteiger partial charge in [-0.25, -0.2) is 0 Å². The van der Waals surface area contributed by atoms with Gasteiger partial charge in [0.2, 0.25) is 5.91 Å². The highest BCUT2D eigenvalue weighted by molar-refractivity contribution is 5.81. The lowest BCUT2D eigenvalue weighted by atomic mass is 9.89. The number of piperidine rings is 1. The number of aryl methyl sites for hydroxylation is 1. The summed E-state index contributed by atoms with van der Waals surface area (Å²) in [6, 6.07) is 1.98. The van der Waals surface area contributed by atoms with Crippen LogP contribution in [-0.4, -0.2) is 43.6 Å². The average molecular weight is 370 g/mol. The molecule has 1 atom stereocenters. The Morgan fingerprint density at radius 1 is 1.26 bits per heavy atom. The fourth-order valence-corrected chi connectivity index (χ4v) is 3.72. The van der Waals surface area contributed by atoms with Gasteiger partial charge in [0, 0.05) is 37.4 Å². The first-order chi connectivity index (χ1) is 12.9. The molecule has 0 spiro atoms. The highest BCUT2D eigenvalue weighted by Gasteiger charge is 2.31. The van der Waals surface area contributed by atoms with Crippen molar-refractivity contribution in [3.8, 4) is 11.4 Å². The van der Waals surface area contributed by atoms with Crippen LogP contribution in [0, 0.1) is 11.3 Å². The van der Waals surface area contributed by atoms with E-state index in [4.69, 9.17) is 0 Å². The Hall–Kier alpha value is -2.24. The first-order valence-corrected chi connectivity index (χ1v) is 10.0. The lowest BCUT2D eigenvalue weighted by molar-refractivity contribution is -0.141. The molecule has 0 saturated carbocycles. The largest absolute Gasteiger partial charge is 0.342 e. The molecule has 6 nitrogen and oxygen atoms in total. The van der Waals surface area contributed by atoms with Crippen molar-refractivity contribution < 1.29 is 4.79 Å². The Morgan fingerprint density at radius 3 is 2.74 bits per heavy atom. The number of hydrogen-bond donors (Lipinski definition) is 0. The second kappa shape index (κ2) is 8.19. The fraction of sp³-hybridized carbons (Fsp3) is 0.619. The van der Waals surface area contributed by atoms with Crippen molar-refractivity contribution in [1.82, 2.24) is 24.6 Å². The van der Waals surface area contributed by atoms with E-state index in [1.807, 2.05) is 55.0 Å². The molecule has 27 heavy (non-hydrogen) atoms. The Morgan fingerprint density at radius 2 is 2.07 bits per heavy atom. The van der Waals surface area contributed by atoms with Crippen molar-refractivity contribution in [3.63, 3.8) is 0 Å². The van der Waals surface area contributed by atoms with Gasteiger partial charge in [-0.3, -0.25) is 19.4 Å². The van der Waals surface area contributed by atoms with Gasteiger partial charge in [-0.1, -0.05) is 27.7 Å². The Bertz CT molecular complexity index is 760. The van der Waals surface area contributed by atoms with Crippen LogP contribution in [0.4, 0.5) is 0 Å². The molecule has 2 aromatic rings. The molecule has 6 heteroatoms. The zero-order chi connectivity index (χ0) is 19.4. The molecule has 1 fully saturated rings. The standard InChI is InChI=1S/C21H31N5O/c1-5-10-26-19(8-9-24-26)18-14-22-17(13-23-18)12-16-7-6-11-25(15-16)20(27)21(2,3)4/h8-9,13-14,16H,5-7,10-12,15H2,1-4H3. The van der Waals surface area contributed by atoms with Crippen molar-refractivity contribution >= 4 is 5.91 Å². The van der Waals surface area contributed by atoms with Gasteiger partial charge in [0.25, 0.3) is 0 Å². The number of amides is 1. The highest BCUT2D eigenvalue weighted by Crippen LogP contribution is 2.25. The molecular weight excluding hydrogens is 338 g/mol. The summed E-state index contributed by atoms with van der Waals surface area (Å²) in [5.74, 6) is 0.702. The normalized spacial score (nSPS) is 17.9. The maximum absolute atomic E-state index is 12.6. The van der Waals surface area contributed by atoms with Crippen LogP contribution in [0.3, 0.4) is 0 Å². The summed E-state index contributed by atoms with van der Waals surface area (Å²) in [6.45, 7) is 10.7. The topological polar surface area (TPSA) is 63.9 Å². The molecule has 0 bridgehead atoms. The molecule has 1 unspecified atom stereocenters. The molecule has 2 aromatic heterocycles. The third kappa shape index (κ3) is 4.73. The SMILES string of the molecule is CCCn1nccc1-c1cnc(CC2CCCN(C(=O)C(C)(C)C)C2)cn1. The van der Waals surface area contributed by atoms with Gasteiger partial charge in [0.05, 0.1) is 17.6 Å². The number of hydrogen-bond acceptors (Lipinski definition) is 4. The molecule has 1 aliphatic heterocycles. The summed E-state index contributed by atoms with van der Waals surface area (Å²) in [4.78, 5) is 23.9. The van der Waals surface area contributed by atoms with E-state index in [2.05, 4.69) is 22.0 Å². The number of aromatic nitrogens is 4. The summed E-state index contributed by atoms with van der Waals surface area (Å²) < 4.78 is 1.97. The number of rotatable bonds is 5. The van der Waals surface area contributed by atoms with Crippen LogP contribution >= 0.6 is 0 Å². The van der Waals surface area contributed by atoms with E-state index in [9.17, 15) is 4.79 Å². The molecule has 0 aliphatic carbocycles. The summed E-state index contributed by atoms with van der Waals surface area (Å²) in [6.07, 6.45) is 9.64. The third-order valence-corrected chi connectivity index (χ3v) is 5.07. The van der Waals surface area contributed by atoms with E-state index in [0.717, 1.165) is 62.4 Å². The Balaban J connectivity index is 1.64. The van der Waals surface area contributed by atoms with Gasteiger partial charge in [-0.15, -0.1) is 0 Å². The minimum absolute atomic E-state index is 0.248. The van der Waals surface area contributed by atoms with Crippen molar-refractivity contribution in [2.75, 3.05) is 13.1 Å². The Kier molecular flexibility index (Phi) is 5.92. The molecule has 3 rings (SSSR count). The predicted octanol–water partition coefficient (Wildman–Crippen LogP) is 3.58. The van der Waals surface area contributed by atoms with Gasteiger partial charge in [0.1, 0.15) is 5.69 Å². The third-order valence-electron chi connectivity index (χ3n) is 5.07. The lowest BCUT2D eigenvalue weighted by Gasteiger charge is -2.36. The van der Waals surface area contributed by atoms with Crippen LogP contribution in [0.2, 0.25) is 0 Å². The smallest absolute Gasteiger partial charge is 0.227 e. The molecular formula is C21H31N5O. The number of carbonyl (C=O) groups is 1. The van der Waals surface area contributed by atoms with Crippen molar-refractivity contribution in [3.05, 3.63) is 30.4 Å². The van der Waals surface area contributed by atoms with Gasteiger partial charge in [0.15, 0.2) is 0 Å². The maximum Gasteiger partial charge on any atom is 0.227 e. The summed E-state index contributed by atoms with van der Waals surface area (Å²) in [7, 11) is 0. The number of nitrogens with zero attached hydrogens (tertiary/aromatic N) is 5. The van der Waals surface area contributed by atoms with E-state index in [-0.39, 0.29) is 11.3 Å².